The van der Waals surface area contributed by atoms with Crippen molar-refractivity contribution in [3.63, 3.8) is 0 Å². The van der Waals surface area contributed by atoms with Crippen LogP contribution in [0, 0.1) is 12.3 Å². The molecule has 102 valence electrons. The van der Waals surface area contributed by atoms with Crippen LogP contribution in [0.15, 0.2) is 30.5 Å². The normalized spacial score (nSPS) is 11.9. The minimum absolute atomic E-state index is 0.640. The molecule has 0 spiro atoms. The molecule has 1 heterocycles. The largest absolute Gasteiger partial charge is 0.481 e. The fraction of sp³-hybridized carbons (Fsp3) is 0.438. The number of benzene rings is 1. The van der Waals surface area contributed by atoms with E-state index in [2.05, 4.69) is 42.0 Å². The molecule has 0 saturated heterocycles. The number of carboxylic acid groups (broad SMARTS) is 1. The summed E-state index contributed by atoms with van der Waals surface area (Å²) in [5.74, 6) is -0.722. The van der Waals surface area contributed by atoms with Gasteiger partial charge in [-0.25, -0.2) is 0 Å². The summed E-state index contributed by atoms with van der Waals surface area (Å²) in [6.45, 7) is 6.55. The standard InChI is InChI=1S/C16H21NO2/c1-12-6-4-7-14-13(12)8-11-17(14)10-5-9-16(2,3)15(18)19/h4,6-8,11H,5,9-10H2,1-3H3,(H,18,19). The number of hydrogen-bond donors (Lipinski definition) is 1. The van der Waals surface area contributed by atoms with Gasteiger partial charge >= 0.3 is 5.97 Å². The Bertz CT molecular complexity index is 596. The molecule has 0 aliphatic carbocycles. The number of aromatic nitrogens is 1. The van der Waals surface area contributed by atoms with E-state index in [-0.39, 0.29) is 0 Å². The summed E-state index contributed by atoms with van der Waals surface area (Å²) >= 11 is 0. The third-order valence-electron chi connectivity index (χ3n) is 3.81. The zero-order valence-corrected chi connectivity index (χ0v) is 11.8. The number of nitrogens with zero attached hydrogens (tertiary/aromatic N) is 1. The van der Waals surface area contributed by atoms with Crippen molar-refractivity contribution in [1.29, 1.82) is 0 Å². The lowest BCUT2D eigenvalue weighted by Gasteiger charge is -2.18. The summed E-state index contributed by atoms with van der Waals surface area (Å²) in [4.78, 5) is 11.1. The van der Waals surface area contributed by atoms with Gasteiger partial charge in [0.05, 0.1) is 5.41 Å². The maximum Gasteiger partial charge on any atom is 0.309 e. The first-order valence-electron chi connectivity index (χ1n) is 6.70. The van der Waals surface area contributed by atoms with E-state index in [9.17, 15) is 4.79 Å². The van der Waals surface area contributed by atoms with Crippen molar-refractivity contribution in [2.75, 3.05) is 0 Å². The summed E-state index contributed by atoms with van der Waals surface area (Å²) in [5.41, 5.74) is 1.87. The molecule has 0 bridgehead atoms. The third-order valence-corrected chi connectivity index (χ3v) is 3.81. The fourth-order valence-corrected chi connectivity index (χ4v) is 2.37. The van der Waals surface area contributed by atoms with Crippen LogP contribution < -0.4 is 0 Å². The first-order chi connectivity index (χ1) is 8.92. The molecule has 0 atom stereocenters. The van der Waals surface area contributed by atoms with E-state index in [4.69, 9.17) is 5.11 Å². The van der Waals surface area contributed by atoms with Crippen molar-refractivity contribution in [2.45, 2.75) is 40.2 Å². The summed E-state index contributed by atoms with van der Waals surface area (Å²) in [5, 5.41) is 10.4. The second kappa shape index (κ2) is 5.08. The third kappa shape index (κ3) is 2.80. The molecule has 1 aromatic carbocycles. The molecule has 0 aliphatic heterocycles. The van der Waals surface area contributed by atoms with Crippen LogP contribution in [0.3, 0.4) is 0 Å². The van der Waals surface area contributed by atoms with Gasteiger partial charge in [-0.2, -0.15) is 0 Å². The van der Waals surface area contributed by atoms with Gasteiger partial charge in [-0.05, 0) is 51.3 Å². The SMILES string of the molecule is Cc1cccc2c1ccn2CCCC(C)(C)C(=O)O. The summed E-state index contributed by atoms with van der Waals surface area (Å²) < 4.78 is 2.21. The molecule has 0 saturated carbocycles. The molecule has 3 nitrogen and oxygen atoms in total. The van der Waals surface area contributed by atoms with Crippen molar-refractivity contribution >= 4 is 16.9 Å². The van der Waals surface area contributed by atoms with E-state index in [1.165, 1.54) is 16.5 Å². The average molecular weight is 259 g/mol. The molecule has 2 aromatic rings. The number of hydrogen-bond acceptors (Lipinski definition) is 1. The molecule has 1 N–H and O–H groups in total. The highest BCUT2D eigenvalue weighted by atomic mass is 16.4. The maximum atomic E-state index is 11.1. The number of aliphatic carboxylic acids is 1. The Kier molecular flexibility index (Phi) is 3.65. The molecule has 0 amide bonds. The fourth-order valence-electron chi connectivity index (χ4n) is 2.37. The van der Waals surface area contributed by atoms with Gasteiger partial charge in [0.25, 0.3) is 0 Å². The van der Waals surface area contributed by atoms with Crippen molar-refractivity contribution in [3.8, 4) is 0 Å². The summed E-state index contributed by atoms with van der Waals surface area (Å²) in [6, 6.07) is 8.42. The van der Waals surface area contributed by atoms with Crippen LogP contribution in [-0.2, 0) is 11.3 Å². The van der Waals surface area contributed by atoms with E-state index in [1.807, 2.05) is 0 Å². The second-order valence-corrected chi connectivity index (χ2v) is 5.81. The molecule has 0 fully saturated rings. The van der Waals surface area contributed by atoms with Gasteiger partial charge in [0, 0.05) is 23.6 Å². The molecule has 1 aromatic heterocycles. The van der Waals surface area contributed by atoms with Gasteiger partial charge in [0.2, 0.25) is 0 Å². The molecular weight excluding hydrogens is 238 g/mol. The average Bonchev–Trinajstić information content (AvgIpc) is 2.74. The Morgan fingerprint density at radius 1 is 1.32 bits per heavy atom. The maximum absolute atomic E-state index is 11.1. The van der Waals surface area contributed by atoms with E-state index >= 15 is 0 Å². The summed E-state index contributed by atoms with van der Waals surface area (Å²) in [7, 11) is 0. The second-order valence-electron chi connectivity index (χ2n) is 5.81. The molecule has 2 rings (SSSR count). The Labute approximate surface area is 113 Å². The summed E-state index contributed by atoms with van der Waals surface area (Å²) in [6.07, 6.45) is 3.65. The van der Waals surface area contributed by atoms with Crippen molar-refractivity contribution in [1.82, 2.24) is 4.57 Å². The quantitative estimate of drug-likeness (QED) is 0.886. The highest BCUT2D eigenvalue weighted by Crippen LogP contribution is 2.24. The highest BCUT2D eigenvalue weighted by Gasteiger charge is 2.26. The number of carbonyl (C=O) groups is 1. The lowest BCUT2D eigenvalue weighted by Crippen LogP contribution is -2.23. The van der Waals surface area contributed by atoms with Crippen LogP contribution in [0.1, 0.15) is 32.3 Å². The molecular formula is C16H21NO2. The van der Waals surface area contributed by atoms with Crippen LogP contribution in [0.25, 0.3) is 10.9 Å². The zero-order chi connectivity index (χ0) is 14.0. The Morgan fingerprint density at radius 2 is 2.05 bits per heavy atom. The molecule has 0 radical (unpaired) electrons. The van der Waals surface area contributed by atoms with Gasteiger partial charge in [-0.3, -0.25) is 4.79 Å². The molecule has 19 heavy (non-hydrogen) atoms. The minimum Gasteiger partial charge on any atom is -0.481 e. The smallest absolute Gasteiger partial charge is 0.309 e. The van der Waals surface area contributed by atoms with E-state index < -0.39 is 11.4 Å². The minimum atomic E-state index is -0.722. The predicted octanol–water partition coefficient (Wildman–Crippen LogP) is 3.84. The van der Waals surface area contributed by atoms with Gasteiger partial charge in [-0.1, -0.05) is 12.1 Å². The highest BCUT2D eigenvalue weighted by molar-refractivity contribution is 5.83. The molecule has 0 aliphatic rings. The monoisotopic (exact) mass is 259 g/mol. The van der Waals surface area contributed by atoms with Crippen LogP contribution in [0.5, 0.6) is 0 Å². The Morgan fingerprint density at radius 3 is 2.74 bits per heavy atom. The Hall–Kier alpha value is -1.77. The van der Waals surface area contributed by atoms with E-state index in [0.29, 0.717) is 6.42 Å². The molecule has 0 unspecified atom stereocenters. The number of aryl methyl sites for hydroxylation is 2. The van der Waals surface area contributed by atoms with Crippen LogP contribution in [0.2, 0.25) is 0 Å². The lowest BCUT2D eigenvalue weighted by atomic mass is 9.88. The molecule has 3 heteroatoms. The van der Waals surface area contributed by atoms with Crippen LogP contribution in [0.4, 0.5) is 0 Å². The topological polar surface area (TPSA) is 42.2 Å². The Balaban J connectivity index is 2.07. The van der Waals surface area contributed by atoms with Crippen molar-refractivity contribution in [3.05, 3.63) is 36.0 Å². The first kappa shape index (κ1) is 13.7. The predicted molar refractivity (Wildman–Crippen MR) is 77.3 cm³/mol. The van der Waals surface area contributed by atoms with Crippen molar-refractivity contribution in [2.24, 2.45) is 5.41 Å². The van der Waals surface area contributed by atoms with Gasteiger partial charge in [-0.15, -0.1) is 0 Å². The zero-order valence-electron chi connectivity index (χ0n) is 11.8. The van der Waals surface area contributed by atoms with Gasteiger partial charge < -0.3 is 9.67 Å². The number of carboxylic acids is 1. The van der Waals surface area contributed by atoms with Gasteiger partial charge in [0.15, 0.2) is 0 Å². The number of fused-ring (bicyclic) bond motifs is 1. The van der Waals surface area contributed by atoms with Crippen LogP contribution >= 0.6 is 0 Å². The van der Waals surface area contributed by atoms with Crippen molar-refractivity contribution < 1.29 is 9.90 Å². The lowest BCUT2D eigenvalue weighted by molar-refractivity contribution is -0.147. The van der Waals surface area contributed by atoms with Gasteiger partial charge in [0.1, 0.15) is 0 Å². The first-order valence-corrected chi connectivity index (χ1v) is 6.70. The van der Waals surface area contributed by atoms with Crippen LogP contribution in [-0.4, -0.2) is 15.6 Å². The van der Waals surface area contributed by atoms with E-state index in [1.54, 1.807) is 13.8 Å². The van der Waals surface area contributed by atoms with E-state index in [0.717, 1.165) is 13.0 Å². The number of rotatable bonds is 5.